The van der Waals surface area contributed by atoms with Crippen molar-refractivity contribution in [1.82, 2.24) is 0 Å². The fraction of sp³-hybridized carbons (Fsp3) is 0.160. The Labute approximate surface area is 212 Å². The van der Waals surface area contributed by atoms with E-state index in [0.717, 1.165) is 0 Å². The molecule has 0 aromatic heterocycles. The van der Waals surface area contributed by atoms with E-state index < -0.39 is 24.4 Å². The second kappa shape index (κ2) is 12.6. The normalized spacial score (nSPS) is 12.4. The van der Waals surface area contributed by atoms with E-state index >= 15 is 0 Å². The molecule has 0 aliphatic heterocycles. The number of phosphoric ester groups is 1. The lowest BCUT2D eigenvalue weighted by Gasteiger charge is -2.19. The highest BCUT2D eigenvalue weighted by Crippen LogP contribution is 2.52. The lowest BCUT2D eigenvalue weighted by atomic mass is 10.2. The van der Waals surface area contributed by atoms with Crippen molar-refractivity contribution in [3.05, 3.63) is 94.0 Å². The first-order valence-corrected chi connectivity index (χ1v) is 12.4. The Bertz CT molecular complexity index is 1330. The molecule has 11 nitrogen and oxygen atoms in total. The fourth-order valence-electron chi connectivity index (χ4n) is 2.97. The molecule has 0 aliphatic carbocycles. The largest absolute Gasteiger partial charge is 0.625 e. The van der Waals surface area contributed by atoms with Gasteiger partial charge in [0.15, 0.2) is 11.5 Å². The third-order valence-electron chi connectivity index (χ3n) is 4.66. The average molecular weight is 529 g/mol. The highest BCUT2D eigenvalue weighted by Gasteiger charge is 2.36. The molecule has 12 heteroatoms. The number of aryl methyl sites for hydroxylation is 1. The number of hydrogen-bond acceptors (Lipinski definition) is 10. The summed E-state index contributed by atoms with van der Waals surface area (Å²) in [4.78, 5) is 27.5. The van der Waals surface area contributed by atoms with Gasteiger partial charge in [0, 0.05) is 17.7 Å². The summed E-state index contributed by atoms with van der Waals surface area (Å²) >= 11 is 0. The van der Waals surface area contributed by atoms with Crippen LogP contribution in [0.3, 0.4) is 0 Å². The molecule has 0 N–H and O–H groups in total. The molecule has 0 saturated carbocycles. The van der Waals surface area contributed by atoms with Gasteiger partial charge in [-0.2, -0.15) is 0 Å². The number of benzene rings is 3. The van der Waals surface area contributed by atoms with Gasteiger partial charge in [-0.1, -0.05) is 41.1 Å². The topological polar surface area (TPSA) is 133 Å². The summed E-state index contributed by atoms with van der Waals surface area (Å²) in [6, 6.07) is 16.8. The number of phosphoric acid groups is 1. The van der Waals surface area contributed by atoms with Gasteiger partial charge in [0.1, 0.15) is 5.75 Å². The van der Waals surface area contributed by atoms with E-state index in [1.807, 2.05) is 0 Å². The number of ether oxygens (including phenoxy) is 2. The zero-order chi connectivity index (χ0) is 26.8. The Hall–Kier alpha value is -4.34. The highest BCUT2D eigenvalue weighted by atomic mass is 31.2. The number of carbonyl (C=O) groups is 1. The first kappa shape index (κ1) is 27.3. The minimum Gasteiger partial charge on any atom is -0.493 e. The highest BCUT2D eigenvalue weighted by molar-refractivity contribution is 7.49. The Morgan fingerprint density at radius 2 is 1.78 bits per heavy atom. The maximum atomic E-state index is 13.7. The monoisotopic (exact) mass is 529 g/mol. The van der Waals surface area contributed by atoms with Gasteiger partial charge in [-0.15, -0.1) is 0 Å². The first-order chi connectivity index (χ1) is 17.7. The standard InChI is InChI=1S/C25H24NO10P/c1-4-32-24(27)16-14-19-13-15-22(23(17-19)31-3)35-37(30,34-20-10-6-5-7-11-20)36-33-25-18(2)9-8-12-21(25)26(28)29/h5-17H,4H2,1-3H3/b16-14+/t37-/m1/s1. The molecule has 0 fully saturated rings. The van der Waals surface area contributed by atoms with Crippen LogP contribution in [-0.2, 0) is 18.8 Å². The molecule has 0 bridgehead atoms. The maximum absolute atomic E-state index is 13.7. The molecule has 3 aromatic carbocycles. The molecule has 0 amide bonds. The summed E-state index contributed by atoms with van der Waals surface area (Å²) in [7, 11) is -3.25. The van der Waals surface area contributed by atoms with Crippen molar-refractivity contribution in [3.8, 4) is 23.0 Å². The Balaban J connectivity index is 1.91. The van der Waals surface area contributed by atoms with Gasteiger partial charge < -0.3 is 23.4 Å². The number of rotatable bonds is 12. The van der Waals surface area contributed by atoms with Crippen LogP contribution in [0.25, 0.3) is 6.08 Å². The van der Waals surface area contributed by atoms with Crippen LogP contribution in [0.1, 0.15) is 18.1 Å². The van der Waals surface area contributed by atoms with Crippen LogP contribution in [0.5, 0.6) is 23.0 Å². The maximum Gasteiger partial charge on any atom is 0.625 e. The van der Waals surface area contributed by atoms with E-state index in [1.165, 1.54) is 55.7 Å². The van der Waals surface area contributed by atoms with Crippen LogP contribution < -0.4 is 18.7 Å². The summed E-state index contributed by atoms with van der Waals surface area (Å²) in [6.07, 6.45) is 2.75. The lowest BCUT2D eigenvalue weighted by molar-refractivity contribution is -0.387. The van der Waals surface area contributed by atoms with Crippen molar-refractivity contribution in [1.29, 1.82) is 0 Å². The average Bonchev–Trinajstić information content (AvgIpc) is 2.88. The summed E-state index contributed by atoms with van der Waals surface area (Å²) in [5.41, 5.74) is 0.515. The SMILES string of the molecule is CCOC(=O)/C=C/c1ccc(O[P@](=O)(OOc2c(C)cccc2[N+](=O)[O-])Oc2ccccc2)c(OC)c1. The number of nitro groups is 1. The van der Waals surface area contributed by atoms with Crippen molar-refractivity contribution in [3.63, 3.8) is 0 Å². The molecule has 0 spiro atoms. The van der Waals surface area contributed by atoms with E-state index in [1.54, 1.807) is 44.2 Å². The van der Waals surface area contributed by atoms with Crippen LogP contribution in [0.15, 0.2) is 72.8 Å². The zero-order valence-corrected chi connectivity index (χ0v) is 21.1. The van der Waals surface area contributed by atoms with Crippen LogP contribution >= 0.6 is 7.82 Å². The molecule has 194 valence electrons. The van der Waals surface area contributed by atoms with Crippen molar-refractivity contribution >= 4 is 25.6 Å². The van der Waals surface area contributed by atoms with Crippen LogP contribution in [0.2, 0.25) is 0 Å². The van der Waals surface area contributed by atoms with Crippen molar-refractivity contribution in [2.45, 2.75) is 13.8 Å². The lowest BCUT2D eigenvalue weighted by Crippen LogP contribution is -2.09. The molecule has 0 heterocycles. The molecule has 3 rings (SSSR count). The first-order valence-electron chi connectivity index (χ1n) is 10.9. The molecule has 0 radical (unpaired) electrons. The summed E-state index contributed by atoms with van der Waals surface area (Å²) in [6.45, 7) is 3.49. The van der Waals surface area contributed by atoms with Crippen LogP contribution in [-0.4, -0.2) is 24.6 Å². The molecular formula is C25H24NO10P. The smallest absolute Gasteiger partial charge is 0.493 e. The van der Waals surface area contributed by atoms with Gasteiger partial charge in [-0.3, -0.25) is 10.1 Å². The van der Waals surface area contributed by atoms with E-state index in [9.17, 15) is 19.5 Å². The van der Waals surface area contributed by atoms with Gasteiger partial charge in [0.25, 0.3) is 0 Å². The van der Waals surface area contributed by atoms with Crippen molar-refractivity contribution in [2.75, 3.05) is 13.7 Å². The van der Waals surface area contributed by atoms with Gasteiger partial charge >= 0.3 is 19.5 Å². The van der Waals surface area contributed by atoms with E-state index in [2.05, 4.69) is 0 Å². The Morgan fingerprint density at radius 3 is 2.46 bits per heavy atom. The van der Waals surface area contributed by atoms with Gasteiger partial charge in [0.2, 0.25) is 5.75 Å². The number of nitrogens with zero attached hydrogens (tertiary/aromatic N) is 1. The molecular weight excluding hydrogens is 505 g/mol. The molecule has 0 saturated heterocycles. The van der Waals surface area contributed by atoms with Gasteiger partial charge in [0.05, 0.1) is 18.6 Å². The molecule has 3 aromatic rings. The quantitative estimate of drug-likeness (QED) is 0.0680. The number of esters is 1. The van der Waals surface area contributed by atoms with Crippen molar-refractivity contribution in [2.24, 2.45) is 0 Å². The van der Waals surface area contributed by atoms with Crippen molar-refractivity contribution < 1.29 is 42.4 Å². The van der Waals surface area contributed by atoms with Gasteiger partial charge in [-0.25, -0.2) is 9.36 Å². The molecule has 0 aliphatic rings. The summed E-state index contributed by atoms with van der Waals surface area (Å²) in [5.74, 6) is -0.564. The Kier molecular flexibility index (Phi) is 9.26. The van der Waals surface area contributed by atoms with E-state index in [4.69, 9.17) is 28.1 Å². The third-order valence-corrected chi connectivity index (χ3v) is 5.77. The van der Waals surface area contributed by atoms with Crippen LogP contribution in [0, 0.1) is 17.0 Å². The molecule has 0 unspecified atom stereocenters. The molecule has 1 atom stereocenters. The number of carbonyl (C=O) groups excluding carboxylic acids is 1. The second-order valence-electron chi connectivity index (χ2n) is 7.28. The third kappa shape index (κ3) is 7.57. The second-order valence-corrected chi connectivity index (χ2v) is 8.69. The fourth-order valence-corrected chi connectivity index (χ4v) is 4.01. The van der Waals surface area contributed by atoms with Gasteiger partial charge in [-0.05, 0) is 49.8 Å². The van der Waals surface area contributed by atoms with E-state index in [0.29, 0.717) is 11.1 Å². The number of nitro benzene ring substituents is 1. The summed E-state index contributed by atoms with van der Waals surface area (Å²) < 4.78 is 40.0. The minimum absolute atomic E-state index is 0.0436. The number of para-hydroxylation sites is 2. The molecule has 37 heavy (non-hydrogen) atoms. The minimum atomic E-state index is -4.61. The van der Waals surface area contributed by atoms with E-state index in [-0.39, 0.29) is 29.6 Å². The zero-order valence-electron chi connectivity index (χ0n) is 20.2. The predicted octanol–water partition coefficient (Wildman–Crippen LogP) is 6.06. The number of methoxy groups -OCH3 is 1. The van der Waals surface area contributed by atoms with Crippen LogP contribution in [0.4, 0.5) is 5.69 Å². The Morgan fingerprint density at radius 1 is 1.03 bits per heavy atom. The number of hydrogen-bond donors (Lipinski definition) is 0. The summed E-state index contributed by atoms with van der Waals surface area (Å²) in [5, 5.41) is 11.4. The predicted molar refractivity (Wildman–Crippen MR) is 134 cm³/mol.